The second-order valence-corrected chi connectivity index (χ2v) is 5.72. The number of carbonyl (C=O) groups excluding carboxylic acids is 2. The summed E-state index contributed by atoms with van der Waals surface area (Å²) in [6, 6.07) is -0.259. The standard InChI is InChI=1S/C15H14ClNO5/c16-12-13(17-5-1-2-7(17)6-18)15(22)11-9(20)4-3-8(19)10(11)14(12)21/h3-4,7,18,21-22H,1-2,5-6H2/t7-/m0/s1. The first-order valence-electron chi connectivity index (χ1n) is 6.89. The van der Waals surface area contributed by atoms with Gasteiger partial charge in [-0.05, 0) is 25.0 Å². The van der Waals surface area contributed by atoms with Gasteiger partial charge in [-0.2, -0.15) is 0 Å². The van der Waals surface area contributed by atoms with Crippen LogP contribution < -0.4 is 4.90 Å². The lowest BCUT2D eigenvalue weighted by atomic mass is 9.91. The molecule has 0 radical (unpaired) electrons. The molecule has 1 aliphatic carbocycles. The van der Waals surface area contributed by atoms with E-state index in [1.54, 1.807) is 4.90 Å². The van der Waals surface area contributed by atoms with Gasteiger partial charge in [-0.15, -0.1) is 0 Å². The normalized spacial score (nSPS) is 20.6. The Hall–Kier alpha value is -2.05. The number of aliphatic hydroxyl groups excluding tert-OH is 1. The summed E-state index contributed by atoms with van der Waals surface area (Å²) in [5.74, 6) is -2.10. The molecule has 7 heteroatoms. The predicted molar refractivity (Wildman–Crippen MR) is 80.0 cm³/mol. The summed E-state index contributed by atoms with van der Waals surface area (Å²) < 4.78 is 0. The molecule has 1 atom stereocenters. The highest BCUT2D eigenvalue weighted by molar-refractivity contribution is 6.37. The van der Waals surface area contributed by atoms with E-state index in [1.807, 2.05) is 0 Å². The zero-order chi connectivity index (χ0) is 16.0. The predicted octanol–water partition coefficient (Wildman–Crippen LogP) is 1.65. The Morgan fingerprint density at radius 1 is 1.14 bits per heavy atom. The number of carbonyl (C=O) groups is 2. The highest BCUT2D eigenvalue weighted by atomic mass is 35.5. The number of phenols is 2. The largest absolute Gasteiger partial charge is 0.505 e. The quantitative estimate of drug-likeness (QED) is 0.716. The molecule has 1 aliphatic heterocycles. The van der Waals surface area contributed by atoms with Gasteiger partial charge >= 0.3 is 0 Å². The molecule has 116 valence electrons. The molecule has 3 N–H and O–H groups in total. The summed E-state index contributed by atoms with van der Waals surface area (Å²) in [5.41, 5.74) is -0.433. The van der Waals surface area contributed by atoms with Gasteiger partial charge in [-0.1, -0.05) is 11.6 Å². The lowest BCUT2D eigenvalue weighted by Gasteiger charge is -2.29. The topological polar surface area (TPSA) is 98.1 Å². The van der Waals surface area contributed by atoms with Gasteiger partial charge in [0, 0.05) is 6.54 Å². The molecular weight excluding hydrogens is 310 g/mol. The maximum Gasteiger partial charge on any atom is 0.190 e. The van der Waals surface area contributed by atoms with Crippen LogP contribution >= 0.6 is 11.6 Å². The minimum atomic E-state index is -0.587. The van der Waals surface area contributed by atoms with E-state index in [0.717, 1.165) is 18.6 Å². The molecule has 0 aromatic heterocycles. The minimum absolute atomic E-state index is 0.0888. The molecule has 1 saturated heterocycles. The van der Waals surface area contributed by atoms with Gasteiger partial charge in [0.25, 0.3) is 0 Å². The van der Waals surface area contributed by atoms with Gasteiger partial charge in [0.05, 0.1) is 23.8 Å². The lowest BCUT2D eigenvalue weighted by molar-refractivity contribution is 0.0989. The van der Waals surface area contributed by atoms with Crippen LogP contribution in [0.25, 0.3) is 0 Å². The van der Waals surface area contributed by atoms with Crippen molar-refractivity contribution in [3.05, 3.63) is 28.3 Å². The van der Waals surface area contributed by atoms with Crippen LogP contribution in [0.5, 0.6) is 11.5 Å². The van der Waals surface area contributed by atoms with Crippen LogP contribution in [0.4, 0.5) is 5.69 Å². The van der Waals surface area contributed by atoms with Gasteiger partial charge in [0.1, 0.15) is 16.5 Å². The number of ketones is 2. The number of nitrogens with zero attached hydrogens (tertiary/aromatic N) is 1. The summed E-state index contributed by atoms with van der Waals surface area (Å²) in [7, 11) is 0. The second-order valence-electron chi connectivity index (χ2n) is 5.34. The Morgan fingerprint density at radius 2 is 1.73 bits per heavy atom. The molecule has 1 aromatic rings. The first-order chi connectivity index (χ1) is 10.5. The van der Waals surface area contributed by atoms with E-state index >= 15 is 0 Å². The molecule has 0 saturated carbocycles. The van der Waals surface area contributed by atoms with Crippen molar-refractivity contribution < 1.29 is 24.9 Å². The van der Waals surface area contributed by atoms with E-state index in [2.05, 4.69) is 0 Å². The van der Waals surface area contributed by atoms with Crippen LogP contribution in [0.2, 0.25) is 5.02 Å². The van der Waals surface area contributed by atoms with Crippen LogP contribution in [-0.2, 0) is 0 Å². The third kappa shape index (κ3) is 1.99. The molecule has 1 heterocycles. The third-order valence-electron chi connectivity index (χ3n) is 4.12. The van der Waals surface area contributed by atoms with Crippen molar-refractivity contribution >= 4 is 28.9 Å². The first-order valence-corrected chi connectivity index (χ1v) is 7.26. The summed E-state index contributed by atoms with van der Waals surface area (Å²) in [4.78, 5) is 25.6. The van der Waals surface area contributed by atoms with Crippen molar-refractivity contribution in [2.75, 3.05) is 18.1 Å². The number of phenolic OH excluding ortho intramolecular Hbond substituents is 2. The number of aromatic hydroxyl groups is 2. The fourth-order valence-corrected chi connectivity index (χ4v) is 3.35. The average Bonchev–Trinajstić information content (AvgIpc) is 2.95. The SMILES string of the molecule is O=C1C=CC(=O)c2c(O)c(N3CCC[C@H]3CO)c(Cl)c(O)c21. The van der Waals surface area contributed by atoms with E-state index in [4.69, 9.17) is 11.6 Å². The molecule has 1 aromatic carbocycles. The summed E-state index contributed by atoms with van der Waals surface area (Å²) >= 11 is 6.13. The highest BCUT2D eigenvalue weighted by Crippen LogP contribution is 2.49. The monoisotopic (exact) mass is 323 g/mol. The molecule has 6 nitrogen and oxygen atoms in total. The van der Waals surface area contributed by atoms with E-state index in [0.29, 0.717) is 13.0 Å². The third-order valence-corrected chi connectivity index (χ3v) is 4.48. The van der Waals surface area contributed by atoms with Crippen molar-refractivity contribution in [3.63, 3.8) is 0 Å². The number of halogens is 1. The Labute approximate surface area is 131 Å². The smallest absolute Gasteiger partial charge is 0.190 e. The van der Waals surface area contributed by atoms with Crippen molar-refractivity contribution in [1.29, 1.82) is 0 Å². The van der Waals surface area contributed by atoms with Crippen LogP contribution in [-0.4, -0.2) is 46.1 Å². The van der Waals surface area contributed by atoms with Gasteiger partial charge in [-0.3, -0.25) is 9.59 Å². The van der Waals surface area contributed by atoms with Crippen molar-refractivity contribution in [3.8, 4) is 11.5 Å². The Balaban J connectivity index is 2.26. The Kier molecular flexibility index (Phi) is 3.58. The van der Waals surface area contributed by atoms with Crippen molar-refractivity contribution in [2.24, 2.45) is 0 Å². The van der Waals surface area contributed by atoms with Gasteiger partial charge in [0.15, 0.2) is 17.3 Å². The molecule has 3 rings (SSSR count). The van der Waals surface area contributed by atoms with Gasteiger partial charge < -0.3 is 20.2 Å². The molecule has 22 heavy (non-hydrogen) atoms. The molecule has 0 spiro atoms. The zero-order valence-corrected chi connectivity index (χ0v) is 12.3. The molecule has 0 unspecified atom stereocenters. The molecule has 1 fully saturated rings. The molecular formula is C15H14ClNO5. The number of hydrogen-bond acceptors (Lipinski definition) is 6. The van der Waals surface area contributed by atoms with E-state index < -0.39 is 23.1 Å². The average molecular weight is 324 g/mol. The maximum atomic E-state index is 12.0. The van der Waals surface area contributed by atoms with Gasteiger partial charge in [-0.25, -0.2) is 0 Å². The van der Waals surface area contributed by atoms with Crippen LogP contribution in [0, 0.1) is 0 Å². The fourth-order valence-electron chi connectivity index (χ4n) is 3.06. The lowest BCUT2D eigenvalue weighted by Crippen LogP contribution is -2.32. The number of rotatable bonds is 2. The first kappa shape index (κ1) is 14.9. The molecule has 0 amide bonds. The van der Waals surface area contributed by atoms with E-state index in [9.17, 15) is 24.9 Å². The van der Waals surface area contributed by atoms with E-state index in [1.165, 1.54) is 0 Å². The number of aliphatic hydroxyl groups is 1. The van der Waals surface area contributed by atoms with Crippen LogP contribution in [0.15, 0.2) is 12.2 Å². The molecule has 0 bridgehead atoms. The number of anilines is 1. The minimum Gasteiger partial charge on any atom is -0.505 e. The van der Waals surface area contributed by atoms with Crippen molar-refractivity contribution in [1.82, 2.24) is 0 Å². The number of allylic oxidation sites excluding steroid dienone is 2. The van der Waals surface area contributed by atoms with E-state index in [-0.39, 0.29) is 34.5 Å². The number of benzene rings is 1. The summed E-state index contributed by atoms with van der Waals surface area (Å²) in [6.07, 6.45) is 3.57. The Morgan fingerprint density at radius 3 is 2.32 bits per heavy atom. The maximum absolute atomic E-state index is 12.0. The number of fused-ring (bicyclic) bond motifs is 1. The van der Waals surface area contributed by atoms with Gasteiger partial charge in [0.2, 0.25) is 0 Å². The van der Waals surface area contributed by atoms with Crippen LogP contribution in [0.3, 0.4) is 0 Å². The summed E-state index contributed by atoms with van der Waals surface area (Å²) in [6.45, 7) is 0.384. The Bertz CT molecular complexity index is 713. The second kappa shape index (κ2) is 5.30. The summed E-state index contributed by atoms with van der Waals surface area (Å²) in [5, 5.41) is 29.9. The number of hydrogen-bond donors (Lipinski definition) is 3. The van der Waals surface area contributed by atoms with Crippen LogP contribution in [0.1, 0.15) is 33.6 Å². The molecule has 2 aliphatic rings. The fraction of sp³-hybridized carbons (Fsp3) is 0.333. The van der Waals surface area contributed by atoms with Crippen molar-refractivity contribution in [2.45, 2.75) is 18.9 Å². The zero-order valence-electron chi connectivity index (χ0n) is 11.5. The highest BCUT2D eigenvalue weighted by Gasteiger charge is 2.36.